The molecule has 0 spiro atoms. The molecule has 0 saturated heterocycles. The first kappa shape index (κ1) is 12.4. The molecule has 0 aromatic heterocycles. The molecule has 1 fully saturated rings. The van der Waals surface area contributed by atoms with Crippen molar-refractivity contribution >= 4 is 11.9 Å². The highest BCUT2D eigenvalue weighted by Gasteiger charge is 2.49. The molecular weight excluding hydrogens is 236 g/mol. The average molecular weight is 250 g/mol. The summed E-state index contributed by atoms with van der Waals surface area (Å²) in [6.07, 6.45) is -0.269. The molecule has 1 aliphatic rings. The van der Waals surface area contributed by atoms with Crippen molar-refractivity contribution in [2.45, 2.75) is 18.9 Å². The van der Waals surface area contributed by atoms with Crippen molar-refractivity contribution in [1.29, 1.82) is 0 Å². The van der Waals surface area contributed by atoms with Crippen LogP contribution >= 0.6 is 0 Å². The molecule has 2 N–H and O–H groups in total. The van der Waals surface area contributed by atoms with Gasteiger partial charge in [0.15, 0.2) is 0 Å². The number of hydrogen-bond donors (Lipinski definition) is 2. The summed E-state index contributed by atoms with van der Waals surface area (Å²) < 4.78 is 5.59. The quantitative estimate of drug-likeness (QED) is 0.801. The summed E-state index contributed by atoms with van der Waals surface area (Å²) in [5.41, 5.74) is 0. The summed E-state index contributed by atoms with van der Waals surface area (Å²) >= 11 is 0. The first-order valence-corrected chi connectivity index (χ1v) is 5.74. The van der Waals surface area contributed by atoms with Crippen LogP contribution in [-0.2, 0) is 9.59 Å². The lowest BCUT2D eigenvalue weighted by atomic mass is 10.1. The maximum Gasteiger partial charge on any atom is 0.307 e. The van der Waals surface area contributed by atoms with Crippen molar-refractivity contribution in [3.8, 4) is 5.75 Å². The van der Waals surface area contributed by atoms with Gasteiger partial charge in [0.05, 0.1) is 12.3 Å². The largest absolute Gasteiger partial charge is 0.490 e. The molecule has 1 aromatic rings. The molecule has 5 nitrogen and oxygen atoms in total. The van der Waals surface area contributed by atoms with E-state index in [1.807, 2.05) is 6.07 Å². The molecule has 0 aliphatic heterocycles. The second-order valence-corrected chi connectivity index (χ2v) is 4.41. The topological polar surface area (TPSA) is 83.8 Å². The Morgan fingerprint density at radius 2 is 1.94 bits per heavy atom. The van der Waals surface area contributed by atoms with Gasteiger partial charge in [-0.05, 0) is 18.6 Å². The molecule has 0 heterocycles. The van der Waals surface area contributed by atoms with Gasteiger partial charge in [-0.1, -0.05) is 18.2 Å². The molecule has 0 radical (unpaired) electrons. The molecular formula is C13H14O5. The SMILES string of the molecule is O=C(O)CC(Oc1ccccc1)C1CC1C(=O)O. The van der Waals surface area contributed by atoms with Gasteiger partial charge < -0.3 is 14.9 Å². The number of carboxylic acids is 2. The highest BCUT2D eigenvalue weighted by Crippen LogP contribution is 2.43. The van der Waals surface area contributed by atoms with Gasteiger partial charge in [0.1, 0.15) is 11.9 Å². The van der Waals surface area contributed by atoms with Crippen molar-refractivity contribution < 1.29 is 24.5 Å². The lowest BCUT2D eigenvalue weighted by Crippen LogP contribution is -2.25. The Balaban J connectivity index is 2.03. The standard InChI is InChI=1S/C13H14O5/c14-12(15)7-11(9-6-10(9)13(16)17)18-8-4-2-1-3-5-8/h1-5,9-11H,6-7H2,(H,14,15)(H,16,17). The molecule has 1 saturated carbocycles. The Bertz CT molecular complexity index is 442. The molecule has 96 valence electrons. The zero-order valence-electron chi connectivity index (χ0n) is 9.65. The Hall–Kier alpha value is -2.04. The first-order chi connectivity index (χ1) is 8.58. The third kappa shape index (κ3) is 3.00. The van der Waals surface area contributed by atoms with Crippen LogP contribution in [0.15, 0.2) is 30.3 Å². The van der Waals surface area contributed by atoms with E-state index in [4.69, 9.17) is 14.9 Å². The van der Waals surface area contributed by atoms with Gasteiger partial charge in [-0.2, -0.15) is 0 Å². The lowest BCUT2D eigenvalue weighted by Gasteiger charge is -2.17. The normalized spacial score (nSPS) is 23.1. The van der Waals surface area contributed by atoms with Crippen LogP contribution in [0, 0.1) is 11.8 Å². The minimum absolute atomic E-state index is 0.177. The van der Waals surface area contributed by atoms with Gasteiger partial charge >= 0.3 is 11.9 Å². The molecule has 3 atom stereocenters. The summed E-state index contributed by atoms with van der Waals surface area (Å²) in [5, 5.41) is 17.7. The summed E-state index contributed by atoms with van der Waals surface area (Å²) in [6.45, 7) is 0. The van der Waals surface area contributed by atoms with Gasteiger partial charge in [-0.3, -0.25) is 9.59 Å². The molecule has 1 aliphatic carbocycles. The van der Waals surface area contributed by atoms with Crippen LogP contribution in [0.3, 0.4) is 0 Å². The zero-order chi connectivity index (χ0) is 13.1. The van der Waals surface area contributed by atoms with E-state index in [0.29, 0.717) is 12.2 Å². The monoisotopic (exact) mass is 250 g/mol. The molecule has 5 heteroatoms. The fourth-order valence-corrected chi connectivity index (χ4v) is 2.04. The molecule has 18 heavy (non-hydrogen) atoms. The van der Waals surface area contributed by atoms with Gasteiger partial charge in [-0.15, -0.1) is 0 Å². The number of aliphatic carboxylic acids is 2. The number of ether oxygens (including phenoxy) is 1. The van der Waals surface area contributed by atoms with Crippen LogP contribution in [0.5, 0.6) is 5.75 Å². The summed E-state index contributed by atoms with van der Waals surface area (Å²) in [7, 11) is 0. The maximum absolute atomic E-state index is 10.8. The number of carbonyl (C=O) groups is 2. The van der Waals surface area contributed by atoms with E-state index in [0.717, 1.165) is 0 Å². The van der Waals surface area contributed by atoms with Gasteiger partial charge in [-0.25, -0.2) is 0 Å². The number of hydrogen-bond acceptors (Lipinski definition) is 3. The Morgan fingerprint density at radius 3 is 2.44 bits per heavy atom. The molecule has 3 unspecified atom stereocenters. The van der Waals surface area contributed by atoms with Crippen molar-refractivity contribution in [3.63, 3.8) is 0 Å². The fourth-order valence-electron chi connectivity index (χ4n) is 2.04. The number of para-hydroxylation sites is 1. The van der Waals surface area contributed by atoms with E-state index >= 15 is 0 Å². The van der Waals surface area contributed by atoms with Crippen LogP contribution in [0.25, 0.3) is 0 Å². The number of carboxylic acid groups (broad SMARTS) is 2. The second kappa shape index (κ2) is 5.08. The third-order valence-corrected chi connectivity index (χ3v) is 3.04. The predicted molar refractivity (Wildman–Crippen MR) is 62.3 cm³/mol. The molecule has 0 amide bonds. The van der Waals surface area contributed by atoms with Crippen molar-refractivity contribution in [3.05, 3.63) is 30.3 Å². The van der Waals surface area contributed by atoms with Crippen LogP contribution in [0.4, 0.5) is 0 Å². The molecule has 1 aromatic carbocycles. The lowest BCUT2D eigenvalue weighted by molar-refractivity contribution is -0.141. The summed E-state index contributed by atoms with van der Waals surface area (Å²) in [6, 6.07) is 8.86. The smallest absolute Gasteiger partial charge is 0.307 e. The highest BCUT2D eigenvalue weighted by atomic mass is 16.5. The number of benzene rings is 1. The fraction of sp³-hybridized carbons (Fsp3) is 0.385. The molecule has 0 bridgehead atoms. The predicted octanol–water partition coefficient (Wildman–Crippen LogP) is 1.63. The Labute approximate surface area is 104 Å². The summed E-state index contributed by atoms with van der Waals surface area (Å²) in [5.74, 6) is -1.98. The first-order valence-electron chi connectivity index (χ1n) is 5.74. The van der Waals surface area contributed by atoms with E-state index in [1.54, 1.807) is 24.3 Å². The van der Waals surface area contributed by atoms with E-state index < -0.39 is 24.0 Å². The van der Waals surface area contributed by atoms with Crippen LogP contribution in [0.2, 0.25) is 0 Å². The van der Waals surface area contributed by atoms with Gasteiger partial charge in [0.2, 0.25) is 0 Å². The average Bonchev–Trinajstić information content (AvgIpc) is 3.09. The van der Waals surface area contributed by atoms with Crippen molar-refractivity contribution in [2.24, 2.45) is 11.8 Å². The van der Waals surface area contributed by atoms with E-state index in [9.17, 15) is 9.59 Å². The van der Waals surface area contributed by atoms with Crippen molar-refractivity contribution in [1.82, 2.24) is 0 Å². The Morgan fingerprint density at radius 1 is 1.28 bits per heavy atom. The highest BCUT2D eigenvalue weighted by molar-refractivity contribution is 5.74. The van der Waals surface area contributed by atoms with E-state index in [-0.39, 0.29) is 12.3 Å². The minimum atomic E-state index is -0.980. The Kier molecular flexibility index (Phi) is 3.50. The van der Waals surface area contributed by atoms with E-state index in [1.165, 1.54) is 0 Å². The third-order valence-electron chi connectivity index (χ3n) is 3.04. The second-order valence-electron chi connectivity index (χ2n) is 4.41. The van der Waals surface area contributed by atoms with Crippen LogP contribution in [0.1, 0.15) is 12.8 Å². The van der Waals surface area contributed by atoms with E-state index in [2.05, 4.69) is 0 Å². The number of rotatable bonds is 6. The summed E-state index contributed by atoms with van der Waals surface area (Å²) in [4.78, 5) is 21.6. The molecule has 2 rings (SSSR count). The zero-order valence-corrected chi connectivity index (χ0v) is 9.65. The minimum Gasteiger partial charge on any atom is -0.490 e. The van der Waals surface area contributed by atoms with Crippen LogP contribution < -0.4 is 4.74 Å². The van der Waals surface area contributed by atoms with Crippen molar-refractivity contribution in [2.75, 3.05) is 0 Å². The van der Waals surface area contributed by atoms with Gasteiger partial charge in [0, 0.05) is 5.92 Å². The van der Waals surface area contributed by atoms with Gasteiger partial charge in [0.25, 0.3) is 0 Å². The maximum atomic E-state index is 10.8. The van der Waals surface area contributed by atoms with Crippen LogP contribution in [-0.4, -0.2) is 28.3 Å².